The van der Waals surface area contributed by atoms with E-state index in [1.807, 2.05) is 23.7 Å². The highest BCUT2D eigenvalue weighted by molar-refractivity contribution is 7.14. The summed E-state index contributed by atoms with van der Waals surface area (Å²) in [6, 6.07) is 12.5. The molecular formula is C17H17N3S. The summed E-state index contributed by atoms with van der Waals surface area (Å²) in [7, 11) is 0. The quantitative estimate of drug-likeness (QED) is 0.727. The van der Waals surface area contributed by atoms with Crippen LogP contribution in [0.15, 0.2) is 54.2 Å². The van der Waals surface area contributed by atoms with E-state index in [-0.39, 0.29) is 0 Å². The van der Waals surface area contributed by atoms with Gasteiger partial charge in [-0.2, -0.15) is 0 Å². The molecule has 3 rings (SSSR count). The van der Waals surface area contributed by atoms with Gasteiger partial charge in [-0.3, -0.25) is 4.98 Å². The number of nitrogens with one attached hydrogen (secondary N) is 1. The number of anilines is 2. The first-order chi connectivity index (χ1) is 10.3. The zero-order chi connectivity index (χ0) is 14.5. The molecule has 0 saturated carbocycles. The van der Waals surface area contributed by atoms with E-state index >= 15 is 0 Å². The van der Waals surface area contributed by atoms with Gasteiger partial charge in [0.15, 0.2) is 5.13 Å². The summed E-state index contributed by atoms with van der Waals surface area (Å²) in [4.78, 5) is 8.73. The van der Waals surface area contributed by atoms with Crippen molar-refractivity contribution in [3.05, 3.63) is 59.7 Å². The van der Waals surface area contributed by atoms with Crippen LogP contribution in [0.1, 0.15) is 18.9 Å². The van der Waals surface area contributed by atoms with Gasteiger partial charge in [0.1, 0.15) is 0 Å². The number of pyridine rings is 1. The van der Waals surface area contributed by atoms with Crippen LogP contribution in [0.4, 0.5) is 10.8 Å². The van der Waals surface area contributed by atoms with Crippen molar-refractivity contribution in [1.82, 2.24) is 9.97 Å². The largest absolute Gasteiger partial charge is 0.332 e. The second-order valence-corrected chi connectivity index (χ2v) is 5.71. The molecule has 0 unspecified atom stereocenters. The van der Waals surface area contributed by atoms with Gasteiger partial charge in [0, 0.05) is 29.0 Å². The van der Waals surface area contributed by atoms with Crippen molar-refractivity contribution in [2.24, 2.45) is 0 Å². The maximum absolute atomic E-state index is 4.60. The molecule has 0 aliphatic heterocycles. The Kier molecular flexibility index (Phi) is 4.26. The van der Waals surface area contributed by atoms with Gasteiger partial charge >= 0.3 is 0 Å². The summed E-state index contributed by atoms with van der Waals surface area (Å²) < 4.78 is 0. The van der Waals surface area contributed by atoms with Gasteiger partial charge in [-0.1, -0.05) is 25.5 Å². The number of thiazole rings is 1. The fraction of sp³-hybridized carbons (Fsp3) is 0.176. The lowest BCUT2D eigenvalue weighted by molar-refractivity contribution is 0.922. The molecule has 3 nitrogen and oxygen atoms in total. The minimum Gasteiger partial charge on any atom is -0.332 e. The second-order valence-electron chi connectivity index (χ2n) is 4.85. The van der Waals surface area contributed by atoms with Gasteiger partial charge in [-0.15, -0.1) is 11.3 Å². The topological polar surface area (TPSA) is 37.8 Å². The fourth-order valence-electron chi connectivity index (χ4n) is 2.14. The van der Waals surface area contributed by atoms with Crippen molar-refractivity contribution in [1.29, 1.82) is 0 Å². The van der Waals surface area contributed by atoms with Crippen LogP contribution in [0.25, 0.3) is 11.3 Å². The molecule has 0 atom stereocenters. The number of aromatic nitrogens is 2. The molecule has 21 heavy (non-hydrogen) atoms. The highest BCUT2D eigenvalue weighted by atomic mass is 32.1. The van der Waals surface area contributed by atoms with Crippen molar-refractivity contribution in [3.8, 4) is 11.3 Å². The Hall–Kier alpha value is -2.20. The maximum atomic E-state index is 4.60. The summed E-state index contributed by atoms with van der Waals surface area (Å²) in [5, 5.41) is 6.30. The van der Waals surface area contributed by atoms with Crippen molar-refractivity contribution < 1.29 is 0 Å². The lowest BCUT2D eigenvalue weighted by atomic mass is 10.1. The molecule has 0 saturated heterocycles. The van der Waals surface area contributed by atoms with Crippen LogP contribution in [0.3, 0.4) is 0 Å². The third-order valence-electron chi connectivity index (χ3n) is 3.21. The first kappa shape index (κ1) is 13.8. The summed E-state index contributed by atoms with van der Waals surface area (Å²) >= 11 is 1.60. The predicted octanol–water partition coefficient (Wildman–Crippen LogP) is 4.90. The van der Waals surface area contributed by atoms with Gasteiger partial charge in [0.05, 0.1) is 5.69 Å². The third-order valence-corrected chi connectivity index (χ3v) is 3.96. The molecule has 0 fully saturated rings. The number of rotatable bonds is 5. The van der Waals surface area contributed by atoms with Crippen LogP contribution in [-0.2, 0) is 6.42 Å². The highest BCUT2D eigenvalue weighted by Gasteiger charge is 2.04. The average Bonchev–Trinajstić information content (AvgIpc) is 2.99. The fourth-order valence-corrected chi connectivity index (χ4v) is 2.88. The first-order valence-electron chi connectivity index (χ1n) is 7.07. The van der Waals surface area contributed by atoms with Crippen LogP contribution in [-0.4, -0.2) is 9.97 Å². The lowest BCUT2D eigenvalue weighted by Crippen LogP contribution is -1.90. The number of aryl methyl sites for hydroxylation is 1. The predicted molar refractivity (Wildman–Crippen MR) is 89.1 cm³/mol. The second kappa shape index (κ2) is 6.50. The first-order valence-corrected chi connectivity index (χ1v) is 7.95. The Labute approximate surface area is 128 Å². The Balaban J connectivity index is 1.72. The Morgan fingerprint density at radius 1 is 1.14 bits per heavy atom. The van der Waals surface area contributed by atoms with Crippen LogP contribution in [0.2, 0.25) is 0 Å². The van der Waals surface area contributed by atoms with Gasteiger partial charge < -0.3 is 5.32 Å². The standard InChI is InChI=1S/C17H17N3S/c1-2-4-13-6-8-15(9-7-13)19-17-20-16(12-21-17)14-5-3-10-18-11-14/h3,5-12H,2,4H2,1H3,(H,19,20). The molecule has 4 heteroatoms. The summed E-state index contributed by atoms with van der Waals surface area (Å²) in [6.45, 7) is 2.20. The van der Waals surface area contributed by atoms with Crippen LogP contribution >= 0.6 is 11.3 Å². The van der Waals surface area contributed by atoms with Crippen LogP contribution in [0.5, 0.6) is 0 Å². The zero-order valence-corrected chi connectivity index (χ0v) is 12.7. The van der Waals surface area contributed by atoms with Crippen molar-refractivity contribution in [3.63, 3.8) is 0 Å². The molecule has 2 aromatic heterocycles. The molecule has 106 valence electrons. The van der Waals surface area contributed by atoms with Crippen molar-refractivity contribution in [2.75, 3.05) is 5.32 Å². The minimum absolute atomic E-state index is 0.900. The minimum atomic E-state index is 0.900. The number of benzene rings is 1. The van der Waals surface area contributed by atoms with E-state index in [0.717, 1.165) is 28.5 Å². The van der Waals surface area contributed by atoms with Crippen LogP contribution in [0, 0.1) is 0 Å². The summed E-state index contributed by atoms with van der Waals surface area (Å²) in [6.07, 6.45) is 5.90. The van der Waals surface area contributed by atoms with Crippen LogP contribution < -0.4 is 5.32 Å². The molecule has 3 aromatic rings. The van der Waals surface area contributed by atoms with E-state index in [2.05, 4.69) is 46.5 Å². The smallest absolute Gasteiger partial charge is 0.187 e. The zero-order valence-electron chi connectivity index (χ0n) is 11.9. The van der Waals surface area contributed by atoms with E-state index < -0.39 is 0 Å². The highest BCUT2D eigenvalue weighted by Crippen LogP contribution is 2.26. The summed E-state index contributed by atoms with van der Waals surface area (Å²) in [5.74, 6) is 0. The van der Waals surface area contributed by atoms with Gasteiger partial charge in [-0.05, 0) is 36.2 Å². The molecular weight excluding hydrogens is 278 g/mol. The van der Waals surface area contributed by atoms with E-state index in [0.29, 0.717) is 0 Å². The molecule has 0 radical (unpaired) electrons. The Bertz CT molecular complexity index is 690. The van der Waals surface area contributed by atoms with Crippen molar-refractivity contribution in [2.45, 2.75) is 19.8 Å². The molecule has 0 bridgehead atoms. The average molecular weight is 295 g/mol. The Morgan fingerprint density at radius 2 is 2.00 bits per heavy atom. The van der Waals surface area contributed by atoms with Gasteiger partial charge in [-0.25, -0.2) is 4.98 Å². The molecule has 1 N–H and O–H groups in total. The molecule has 2 heterocycles. The van der Waals surface area contributed by atoms with E-state index in [1.54, 1.807) is 17.5 Å². The van der Waals surface area contributed by atoms with E-state index in [9.17, 15) is 0 Å². The number of hydrogen-bond acceptors (Lipinski definition) is 4. The number of nitrogens with zero attached hydrogens (tertiary/aromatic N) is 2. The maximum Gasteiger partial charge on any atom is 0.187 e. The normalized spacial score (nSPS) is 10.5. The molecule has 0 aliphatic carbocycles. The molecule has 1 aromatic carbocycles. The third kappa shape index (κ3) is 3.47. The lowest BCUT2D eigenvalue weighted by Gasteiger charge is -2.04. The van der Waals surface area contributed by atoms with Gasteiger partial charge in [0.25, 0.3) is 0 Å². The molecule has 0 spiro atoms. The molecule has 0 aliphatic rings. The molecule has 0 amide bonds. The Morgan fingerprint density at radius 3 is 2.71 bits per heavy atom. The van der Waals surface area contributed by atoms with Gasteiger partial charge in [0.2, 0.25) is 0 Å². The van der Waals surface area contributed by atoms with Crippen molar-refractivity contribution >= 4 is 22.2 Å². The van der Waals surface area contributed by atoms with E-state index in [1.165, 1.54) is 12.0 Å². The monoisotopic (exact) mass is 295 g/mol. The SMILES string of the molecule is CCCc1ccc(Nc2nc(-c3cccnc3)cs2)cc1. The summed E-state index contributed by atoms with van der Waals surface area (Å²) in [5.41, 5.74) is 4.44. The van der Waals surface area contributed by atoms with E-state index in [4.69, 9.17) is 0 Å². The number of hydrogen-bond donors (Lipinski definition) is 1.